The zero-order valence-electron chi connectivity index (χ0n) is 16.6. The summed E-state index contributed by atoms with van der Waals surface area (Å²) in [4.78, 5) is 15.2. The van der Waals surface area contributed by atoms with Crippen molar-refractivity contribution < 1.29 is 14.4 Å². The van der Waals surface area contributed by atoms with E-state index >= 15 is 0 Å². The zero-order valence-corrected chi connectivity index (χ0v) is 16.6. The molecule has 0 unspecified atom stereocenters. The van der Waals surface area contributed by atoms with Crippen molar-refractivity contribution in [2.24, 2.45) is 0 Å². The Kier molecular flexibility index (Phi) is 6.36. The molecular formula is C21H27N3O4. The van der Waals surface area contributed by atoms with E-state index in [2.05, 4.69) is 22.8 Å². The van der Waals surface area contributed by atoms with Gasteiger partial charge in [0.15, 0.2) is 11.5 Å². The first-order chi connectivity index (χ1) is 13.5. The summed E-state index contributed by atoms with van der Waals surface area (Å²) in [5.41, 5.74) is 2.40. The minimum Gasteiger partial charge on any atom is -0.493 e. The molecule has 7 heteroatoms. The second kappa shape index (κ2) is 8.93. The van der Waals surface area contributed by atoms with Gasteiger partial charge >= 0.3 is 0 Å². The Bertz CT molecular complexity index is 802. The monoisotopic (exact) mass is 385 g/mol. The van der Waals surface area contributed by atoms with Gasteiger partial charge in [-0.3, -0.25) is 15.0 Å². The molecule has 0 saturated carbocycles. The maximum atomic E-state index is 10.8. The summed E-state index contributed by atoms with van der Waals surface area (Å²) >= 11 is 0. The minimum atomic E-state index is -0.364. The number of hydrogen-bond donors (Lipinski definition) is 0. The molecule has 3 rings (SSSR count). The molecule has 2 aromatic carbocycles. The third-order valence-electron chi connectivity index (χ3n) is 5.34. The molecule has 150 valence electrons. The highest BCUT2D eigenvalue weighted by Crippen LogP contribution is 2.28. The summed E-state index contributed by atoms with van der Waals surface area (Å²) in [6.07, 6.45) is 0.942. The van der Waals surface area contributed by atoms with E-state index in [1.165, 1.54) is 5.56 Å². The number of anilines is 1. The van der Waals surface area contributed by atoms with Gasteiger partial charge in [0.1, 0.15) is 0 Å². The number of methoxy groups -OCH3 is 2. The summed E-state index contributed by atoms with van der Waals surface area (Å²) in [5, 5.41) is 10.8. The third kappa shape index (κ3) is 4.54. The predicted molar refractivity (Wildman–Crippen MR) is 110 cm³/mol. The van der Waals surface area contributed by atoms with E-state index in [-0.39, 0.29) is 10.6 Å². The van der Waals surface area contributed by atoms with Crippen LogP contribution >= 0.6 is 0 Å². The van der Waals surface area contributed by atoms with E-state index in [1.54, 1.807) is 26.4 Å². The summed E-state index contributed by atoms with van der Waals surface area (Å²) in [6, 6.07) is 13.3. The molecule has 0 radical (unpaired) electrons. The second-order valence-electron chi connectivity index (χ2n) is 7.04. The summed E-state index contributed by atoms with van der Waals surface area (Å²) in [5.74, 6) is 1.51. The fourth-order valence-electron chi connectivity index (χ4n) is 3.68. The largest absolute Gasteiger partial charge is 0.493 e. The molecule has 1 fully saturated rings. The number of rotatable bonds is 7. The van der Waals surface area contributed by atoms with Gasteiger partial charge in [0.2, 0.25) is 0 Å². The first kappa shape index (κ1) is 19.9. The average molecular weight is 385 g/mol. The number of hydrogen-bond acceptors (Lipinski definition) is 6. The van der Waals surface area contributed by atoms with E-state index in [9.17, 15) is 10.1 Å². The van der Waals surface area contributed by atoms with Gasteiger partial charge < -0.3 is 14.4 Å². The van der Waals surface area contributed by atoms with Crippen molar-refractivity contribution in [3.8, 4) is 11.5 Å². The molecule has 1 aliphatic heterocycles. The van der Waals surface area contributed by atoms with E-state index in [0.29, 0.717) is 6.04 Å². The van der Waals surface area contributed by atoms with Crippen molar-refractivity contribution >= 4 is 11.4 Å². The van der Waals surface area contributed by atoms with Crippen LogP contribution in [-0.4, -0.2) is 56.3 Å². The number of ether oxygens (including phenoxy) is 2. The normalized spacial score (nSPS) is 15.9. The Morgan fingerprint density at radius 2 is 1.64 bits per heavy atom. The van der Waals surface area contributed by atoms with Crippen molar-refractivity contribution in [3.63, 3.8) is 0 Å². The number of non-ortho nitro benzene ring substituents is 1. The quantitative estimate of drug-likeness (QED) is 0.538. The molecule has 0 spiro atoms. The molecule has 1 heterocycles. The lowest BCUT2D eigenvalue weighted by Crippen LogP contribution is -2.50. The van der Waals surface area contributed by atoms with Crippen molar-refractivity contribution in [2.45, 2.75) is 19.4 Å². The van der Waals surface area contributed by atoms with Crippen molar-refractivity contribution in [3.05, 3.63) is 58.1 Å². The van der Waals surface area contributed by atoms with Gasteiger partial charge in [-0.1, -0.05) is 6.07 Å². The van der Waals surface area contributed by atoms with Crippen molar-refractivity contribution in [2.75, 3.05) is 45.3 Å². The smallest absolute Gasteiger partial charge is 0.269 e. The van der Waals surface area contributed by atoms with Crippen LogP contribution in [0.3, 0.4) is 0 Å². The number of nitrogens with zero attached hydrogens (tertiary/aromatic N) is 3. The topological polar surface area (TPSA) is 68.1 Å². The fraction of sp³-hybridized carbons (Fsp3) is 0.429. The van der Waals surface area contributed by atoms with E-state index in [0.717, 1.165) is 49.8 Å². The molecule has 2 aromatic rings. The van der Waals surface area contributed by atoms with E-state index < -0.39 is 0 Å². The molecule has 0 amide bonds. The van der Waals surface area contributed by atoms with E-state index in [1.807, 2.05) is 24.3 Å². The molecule has 0 aliphatic carbocycles. The van der Waals surface area contributed by atoms with Crippen LogP contribution in [0.4, 0.5) is 11.4 Å². The predicted octanol–water partition coefficient (Wildman–Crippen LogP) is 3.37. The summed E-state index contributed by atoms with van der Waals surface area (Å²) in [7, 11) is 3.30. The Morgan fingerprint density at radius 3 is 2.21 bits per heavy atom. The Morgan fingerprint density at radius 1 is 1.00 bits per heavy atom. The molecule has 1 saturated heterocycles. The Balaban J connectivity index is 1.56. The average Bonchev–Trinajstić information content (AvgIpc) is 2.73. The number of nitro benzene ring substituents is 1. The van der Waals surface area contributed by atoms with Crippen molar-refractivity contribution in [1.82, 2.24) is 4.90 Å². The second-order valence-corrected chi connectivity index (χ2v) is 7.04. The highest BCUT2D eigenvalue weighted by molar-refractivity contribution is 5.51. The first-order valence-corrected chi connectivity index (χ1v) is 9.46. The molecule has 28 heavy (non-hydrogen) atoms. The lowest BCUT2D eigenvalue weighted by atomic mass is 10.0. The lowest BCUT2D eigenvalue weighted by molar-refractivity contribution is -0.384. The highest BCUT2D eigenvalue weighted by atomic mass is 16.6. The van der Waals surface area contributed by atoms with Crippen LogP contribution in [-0.2, 0) is 6.42 Å². The molecule has 0 aromatic heterocycles. The van der Waals surface area contributed by atoms with Crippen LogP contribution in [0.2, 0.25) is 0 Å². The first-order valence-electron chi connectivity index (χ1n) is 9.46. The number of piperazine rings is 1. The van der Waals surface area contributed by atoms with Gasteiger partial charge in [-0.15, -0.1) is 0 Å². The number of nitro groups is 1. The van der Waals surface area contributed by atoms with Gasteiger partial charge in [0.05, 0.1) is 19.1 Å². The molecule has 7 nitrogen and oxygen atoms in total. The molecule has 0 N–H and O–H groups in total. The fourth-order valence-corrected chi connectivity index (χ4v) is 3.68. The van der Waals surface area contributed by atoms with Gasteiger partial charge in [-0.2, -0.15) is 0 Å². The van der Waals surface area contributed by atoms with Crippen LogP contribution in [0, 0.1) is 10.1 Å². The highest BCUT2D eigenvalue weighted by Gasteiger charge is 2.22. The number of benzene rings is 2. The Labute approximate surface area is 165 Å². The third-order valence-corrected chi connectivity index (χ3v) is 5.34. The lowest BCUT2D eigenvalue weighted by Gasteiger charge is -2.39. The SMILES string of the molecule is COc1ccc(C[C@@H](C)N2CCN(c3ccc([N+](=O)[O-])cc3)CC2)cc1OC. The van der Waals surface area contributed by atoms with E-state index in [4.69, 9.17) is 9.47 Å². The maximum absolute atomic E-state index is 10.8. The van der Waals surface area contributed by atoms with Gasteiger partial charge in [0.25, 0.3) is 5.69 Å². The molecule has 0 bridgehead atoms. The minimum absolute atomic E-state index is 0.130. The molecular weight excluding hydrogens is 358 g/mol. The van der Waals surface area contributed by atoms with Crippen LogP contribution in [0.15, 0.2) is 42.5 Å². The van der Waals surface area contributed by atoms with Gasteiger partial charge in [-0.25, -0.2) is 0 Å². The van der Waals surface area contributed by atoms with Crippen LogP contribution < -0.4 is 14.4 Å². The molecule has 1 aliphatic rings. The zero-order chi connectivity index (χ0) is 20.1. The summed E-state index contributed by atoms with van der Waals surface area (Å²) < 4.78 is 10.7. The van der Waals surface area contributed by atoms with Crippen LogP contribution in [0.5, 0.6) is 11.5 Å². The Hall–Kier alpha value is -2.80. The van der Waals surface area contributed by atoms with Gasteiger partial charge in [-0.05, 0) is 43.2 Å². The van der Waals surface area contributed by atoms with Crippen LogP contribution in [0.25, 0.3) is 0 Å². The van der Waals surface area contributed by atoms with Crippen molar-refractivity contribution in [1.29, 1.82) is 0 Å². The molecule has 1 atom stereocenters. The standard InChI is InChI=1S/C21H27N3O4/c1-16(14-17-4-9-20(27-2)21(15-17)28-3)22-10-12-23(13-11-22)18-5-7-19(8-6-18)24(25)26/h4-9,15-16H,10-14H2,1-3H3/t16-/m1/s1. The summed E-state index contributed by atoms with van der Waals surface area (Å²) in [6.45, 7) is 6.00. The van der Waals surface area contributed by atoms with Crippen LogP contribution in [0.1, 0.15) is 12.5 Å². The van der Waals surface area contributed by atoms with Gasteiger partial charge in [0, 0.05) is 50.0 Å². The maximum Gasteiger partial charge on any atom is 0.269 e.